The summed E-state index contributed by atoms with van der Waals surface area (Å²) in [6, 6.07) is 15.6. The first kappa shape index (κ1) is 12.9. The molecule has 3 nitrogen and oxygen atoms in total. The maximum atomic E-state index is 6.24. The summed E-state index contributed by atoms with van der Waals surface area (Å²) in [6.07, 6.45) is 0. The van der Waals surface area contributed by atoms with Gasteiger partial charge in [-0.25, -0.2) is 9.97 Å². The highest BCUT2D eigenvalue weighted by molar-refractivity contribution is 6.33. The normalized spacial score (nSPS) is 10.7. The zero-order valence-electron chi connectivity index (χ0n) is 11.1. The highest BCUT2D eigenvalue weighted by atomic mass is 35.5. The van der Waals surface area contributed by atoms with Crippen LogP contribution in [0.4, 0.5) is 5.82 Å². The van der Waals surface area contributed by atoms with Gasteiger partial charge in [0.15, 0.2) is 5.82 Å². The topological polar surface area (TPSA) is 37.8 Å². The highest BCUT2D eigenvalue weighted by Crippen LogP contribution is 2.28. The van der Waals surface area contributed by atoms with Gasteiger partial charge in [0.1, 0.15) is 5.82 Å². The van der Waals surface area contributed by atoms with Crippen LogP contribution in [-0.4, -0.2) is 16.5 Å². The molecule has 0 atom stereocenters. The summed E-state index contributed by atoms with van der Waals surface area (Å²) in [4.78, 5) is 9.23. The first-order valence-corrected chi connectivity index (χ1v) is 6.93. The van der Waals surface area contributed by atoms with Gasteiger partial charge in [0, 0.05) is 17.5 Å². The zero-order valence-corrected chi connectivity index (χ0v) is 11.9. The molecule has 2 aromatic carbocycles. The summed E-state index contributed by atoms with van der Waals surface area (Å²) in [5, 5.41) is 4.96. The molecule has 0 unspecified atom stereocenters. The van der Waals surface area contributed by atoms with Crippen LogP contribution in [0, 0.1) is 0 Å². The van der Waals surface area contributed by atoms with Crippen molar-refractivity contribution >= 4 is 28.3 Å². The van der Waals surface area contributed by atoms with Crippen molar-refractivity contribution < 1.29 is 0 Å². The minimum Gasteiger partial charge on any atom is -0.370 e. The van der Waals surface area contributed by atoms with Crippen molar-refractivity contribution in [2.75, 3.05) is 11.9 Å². The first-order valence-electron chi connectivity index (χ1n) is 6.55. The molecule has 0 amide bonds. The zero-order chi connectivity index (χ0) is 13.9. The number of nitrogens with zero attached hydrogens (tertiary/aromatic N) is 2. The van der Waals surface area contributed by atoms with Gasteiger partial charge in [-0.3, -0.25) is 0 Å². The molecule has 0 radical (unpaired) electrons. The van der Waals surface area contributed by atoms with Crippen molar-refractivity contribution in [2.45, 2.75) is 6.92 Å². The molecule has 3 rings (SSSR count). The lowest BCUT2D eigenvalue weighted by Crippen LogP contribution is -2.03. The van der Waals surface area contributed by atoms with Crippen LogP contribution in [0.5, 0.6) is 0 Å². The van der Waals surface area contributed by atoms with Crippen molar-refractivity contribution in [3.8, 4) is 11.4 Å². The number of halogens is 1. The predicted octanol–water partition coefficient (Wildman–Crippen LogP) is 4.38. The molecule has 100 valence electrons. The summed E-state index contributed by atoms with van der Waals surface area (Å²) < 4.78 is 0. The molecular formula is C16H14ClN3. The number of fused-ring (bicyclic) bond motifs is 1. The smallest absolute Gasteiger partial charge is 0.163 e. The van der Waals surface area contributed by atoms with Gasteiger partial charge in [0.25, 0.3) is 0 Å². The van der Waals surface area contributed by atoms with E-state index in [-0.39, 0.29) is 0 Å². The number of hydrogen-bond donors (Lipinski definition) is 1. The molecule has 1 aromatic heterocycles. The van der Waals surface area contributed by atoms with Crippen LogP contribution in [0.25, 0.3) is 22.3 Å². The molecule has 0 spiro atoms. The standard InChI is InChI=1S/C16H14ClN3/c1-2-18-15-12-8-4-6-10-14(12)19-16(20-15)11-7-3-5-9-13(11)17/h3-10H,2H2,1H3,(H,18,19,20). The summed E-state index contributed by atoms with van der Waals surface area (Å²) in [7, 11) is 0. The van der Waals surface area contributed by atoms with Gasteiger partial charge in [0.05, 0.1) is 10.5 Å². The third kappa shape index (κ3) is 2.32. The predicted molar refractivity (Wildman–Crippen MR) is 84.1 cm³/mol. The van der Waals surface area contributed by atoms with Gasteiger partial charge in [0.2, 0.25) is 0 Å². The SMILES string of the molecule is CCNc1nc(-c2ccccc2Cl)nc2ccccc12. The van der Waals surface area contributed by atoms with E-state index in [9.17, 15) is 0 Å². The number of para-hydroxylation sites is 1. The highest BCUT2D eigenvalue weighted by Gasteiger charge is 2.10. The van der Waals surface area contributed by atoms with E-state index in [1.54, 1.807) is 0 Å². The van der Waals surface area contributed by atoms with E-state index in [1.807, 2.05) is 55.5 Å². The van der Waals surface area contributed by atoms with Gasteiger partial charge in [-0.2, -0.15) is 0 Å². The fourth-order valence-electron chi connectivity index (χ4n) is 2.14. The summed E-state index contributed by atoms with van der Waals surface area (Å²) in [5.74, 6) is 1.48. The first-order chi connectivity index (χ1) is 9.79. The lowest BCUT2D eigenvalue weighted by Gasteiger charge is -2.10. The molecule has 4 heteroatoms. The van der Waals surface area contributed by atoms with Crippen molar-refractivity contribution in [3.63, 3.8) is 0 Å². The number of hydrogen-bond acceptors (Lipinski definition) is 3. The minimum atomic E-state index is 0.644. The fourth-order valence-corrected chi connectivity index (χ4v) is 2.36. The Bertz CT molecular complexity index is 756. The average molecular weight is 284 g/mol. The molecule has 0 saturated heterocycles. The summed E-state index contributed by atoms with van der Waals surface area (Å²) >= 11 is 6.24. The summed E-state index contributed by atoms with van der Waals surface area (Å²) in [5.41, 5.74) is 1.76. The Morgan fingerprint density at radius 1 is 1.00 bits per heavy atom. The Morgan fingerprint density at radius 3 is 2.55 bits per heavy atom. The molecule has 0 aliphatic heterocycles. The van der Waals surface area contributed by atoms with Crippen molar-refractivity contribution in [1.82, 2.24) is 9.97 Å². The third-order valence-electron chi connectivity index (χ3n) is 3.06. The lowest BCUT2D eigenvalue weighted by molar-refractivity contribution is 1.14. The molecule has 0 aliphatic rings. The van der Waals surface area contributed by atoms with Crippen molar-refractivity contribution in [3.05, 3.63) is 53.6 Å². The van der Waals surface area contributed by atoms with E-state index in [0.717, 1.165) is 28.8 Å². The van der Waals surface area contributed by atoms with Crippen LogP contribution in [0.1, 0.15) is 6.92 Å². The second-order valence-corrected chi connectivity index (χ2v) is 4.83. The van der Waals surface area contributed by atoms with Crippen molar-refractivity contribution in [2.24, 2.45) is 0 Å². The van der Waals surface area contributed by atoms with Crippen LogP contribution < -0.4 is 5.32 Å². The quantitative estimate of drug-likeness (QED) is 0.775. The fraction of sp³-hybridized carbons (Fsp3) is 0.125. The van der Waals surface area contributed by atoms with Crippen LogP contribution in [0.3, 0.4) is 0 Å². The van der Waals surface area contributed by atoms with Gasteiger partial charge in [-0.1, -0.05) is 35.9 Å². The van der Waals surface area contributed by atoms with E-state index in [4.69, 9.17) is 11.6 Å². The number of aromatic nitrogens is 2. The molecule has 1 heterocycles. The van der Waals surface area contributed by atoms with Crippen LogP contribution in [0.15, 0.2) is 48.5 Å². The molecular weight excluding hydrogens is 270 g/mol. The Labute approximate surface area is 122 Å². The van der Waals surface area contributed by atoms with E-state index in [0.29, 0.717) is 10.8 Å². The molecule has 1 N–H and O–H groups in total. The number of nitrogens with one attached hydrogen (secondary N) is 1. The maximum Gasteiger partial charge on any atom is 0.163 e. The van der Waals surface area contributed by atoms with Crippen LogP contribution in [-0.2, 0) is 0 Å². The molecule has 3 aromatic rings. The molecule has 0 fully saturated rings. The van der Waals surface area contributed by atoms with E-state index >= 15 is 0 Å². The van der Waals surface area contributed by atoms with E-state index in [2.05, 4.69) is 15.3 Å². The monoisotopic (exact) mass is 283 g/mol. The molecule has 0 saturated carbocycles. The Balaban J connectivity index is 2.25. The Kier molecular flexibility index (Phi) is 3.52. The number of benzene rings is 2. The van der Waals surface area contributed by atoms with Gasteiger partial charge < -0.3 is 5.32 Å². The molecule has 0 bridgehead atoms. The third-order valence-corrected chi connectivity index (χ3v) is 3.39. The second kappa shape index (κ2) is 5.47. The number of anilines is 1. The van der Waals surface area contributed by atoms with Crippen molar-refractivity contribution in [1.29, 1.82) is 0 Å². The molecule has 20 heavy (non-hydrogen) atoms. The van der Waals surface area contributed by atoms with E-state index in [1.165, 1.54) is 0 Å². The van der Waals surface area contributed by atoms with Crippen LogP contribution in [0.2, 0.25) is 5.02 Å². The number of rotatable bonds is 3. The Hall–Kier alpha value is -2.13. The van der Waals surface area contributed by atoms with Gasteiger partial charge in [-0.15, -0.1) is 0 Å². The van der Waals surface area contributed by atoms with Crippen LogP contribution >= 0.6 is 11.6 Å². The summed E-state index contributed by atoms with van der Waals surface area (Å²) in [6.45, 7) is 2.86. The average Bonchev–Trinajstić information content (AvgIpc) is 2.48. The second-order valence-electron chi connectivity index (χ2n) is 4.42. The molecule has 0 aliphatic carbocycles. The van der Waals surface area contributed by atoms with E-state index < -0.39 is 0 Å². The minimum absolute atomic E-state index is 0.644. The van der Waals surface area contributed by atoms with Gasteiger partial charge in [-0.05, 0) is 31.2 Å². The van der Waals surface area contributed by atoms with Gasteiger partial charge >= 0.3 is 0 Å². The maximum absolute atomic E-state index is 6.24. The largest absolute Gasteiger partial charge is 0.370 e. The Morgan fingerprint density at radius 2 is 1.75 bits per heavy atom. The lowest BCUT2D eigenvalue weighted by atomic mass is 10.2.